The van der Waals surface area contributed by atoms with Gasteiger partial charge in [-0.1, -0.05) is 6.07 Å². The van der Waals surface area contributed by atoms with Gasteiger partial charge in [0, 0.05) is 6.04 Å². The Balaban J connectivity index is 1.51. The average Bonchev–Trinajstić information content (AvgIpc) is 2.78. The van der Waals surface area contributed by atoms with E-state index in [-0.39, 0.29) is 29.0 Å². The van der Waals surface area contributed by atoms with Crippen molar-refractivity contribution in [1.82, 2.24) is 5.32 Å². The molecule has 19 heavy (non-hydrogen) atoms. The quantitative estimate of drug-likeness (QED) is 0.759. The van der Waals surface area contributed by atoms with Crippen LogP contribution in [-0.2, 0) is 0 Å². The molecule has 4 nitrogen and oxygen atoms in total. The van der Waals surface area contributed by atoms with Crippen LogP contribution in [0.1, 0.15) is 29.6 Å². The average molecular weight is 259 g/mol. The lowest BCUT2D eigenvalue weighted by Gasteiger charge is -2.12. The summed E-state index contributed by atoms with van der Waals surface area (Å²) in [7, 11) is 0. The van der Waals surface area contributed by atoms with Crippen LogP contribution in [-0.4, -0.2) is 22.2 Å². The fourth-order valence-electron chi connectivity index (χ4n) is 4.50. The van der Waals surface area contributed by atoms with Crippen molar-refractivity contribution in [2.24, 2.45) is 23.7 Å². The van der Waals surface area contributed by atoms with Gasteiger partial charge in [0.25, 0.3) is 5.91 Å². The molecule has 0 saturated heterocycles. The summed E-state index contributed by atoms with van der Waals surface area (Å²) in [5.41, 5.74) is -0.000166. The summed E-state index contributed by atoms with van der Waals surface area (Å²) in [5, 5.41) is 22.4. The molecule has 3 fully saturated rings. The number of nitrogens with one attached hydrogen (secondary N) is 1. The molecule has 4 rings (SSSR count). The van der Waals surface area contributed by atoms with E-state index in [4.69, 9.17) is 0 Å². The van der Waals surface area contributed by atoms with Crippen LogP contribution in [0.3, 0.4) is 0 Å². The minimum absolute atomic E-state index is 0.000166. The summed E-state index contributed by atoms with van der Waals surface area (Å²) in [4.78, 5) is 12.2. The van der Waals surface area contributed by atoms with Gasteiger partial charge in [-0.05, 0) is 55.1 Å². The molecule has 3 aliphatic carbocycles. The van der Waals surface area contributed by atoms with E-state index in [0.29, 0.717) is 11.8 Å². The Morgan fingerprint density at radius 1 is 1.11 bits per heavy atom. The third kappa shape index (κ3) is 1.49. The van der Waals surface area contributed by atoms with Crippen LogP contribution in [0.15, 0.2) is 18.2 Å². The number of phenolic OH excluding ortho intramolecular Hbond substituents is 2. The molecule has 0 aromatic heterocycles. The normalized spacial score (nSPS) is 38.0. The van der Waals surface area contributed by atoms with E-state index in [9.17, 15) is 15.0 Å². The highest BCUT2D eigenvalue weighted by Crippen LogP contribution is 2.65. The van der Waals surface area contributed by atoms with Crippen molar-refractivity contribution in [2.75, 3.05) is 0 Å². The zero-order valence-corrected chi connectivity index (χ0v) is 10.5. The van der Waals surface area contributed by atoms with Crippen molar-refractivity contribution in [3.05, 3.63) is 23.8 Å². The van der Waals surface area contributed by atoms with Crippen LogP contribution in [0, 0.1) is 23.7 Å². The van der Waals surface area contributed by atoms with Gasteiger partial charge in [0.2, 0.25) is 0 Å². The van der Waals surface area contributed by atoms with Gasteiger partial charge < -0.3 is 15.5 Å². The molecule has 100 valence electrons. The number of phenols is 2. The summed E-state index contributed by atoms with van der Waals surface area (Å²) in [5.74, 6) is 2.20. The zero-order valence-electron chi connectivity index (χ0n) is 10.5. The summed E-state index contributed by atoms with van der Waals surface area (Å²) >= 11 is 0. The molecule has 1 aromatic carbocycles. The molecule has 0 heterocycles. The van der Waals surface area contributed by atoms with Crippen molar-refractivity contribution in [1.29, 1.82) is 0 Å². The van der Waals surface area contributed by atoms with Gasteiger partial charge in [0.15, 0.2) is 0 Å². The summed E-state index contributed by atoms with van der Waals surface area (Å²) < 4.78 is 0. The number of hydrogen-bond acceptors (Lipinski definition) is 3. The van der Waals surface area contributed by atoms with Gasteiger partial charge in [-0.2, -0.15) is 0 Å². The number of carbonyl (C=O) groups excluding carboxylic acids is 1. The smallest absolute Gasteiger partial charge is 0.259 e. The summed E-state index contributed by atoms with van der Waals surface area (Å²) in [6.45, 7) is 0. The molecule has 3 saturated carbocycles. The highest BCUT2D eigenvalue weighted by Gasteiger charge is 2.65. The molecule has 3 aliphatic rings. The number of amides is 1. The van der Waals surface area contributed by atoms with E-state index in [0.717, 1.165) is 11.8 Å². The number of benzene rings is 1. The standard InChI is InChI=1S/C15H17NO3/c17-9-2-1-3-10(18)13(9)15(19)16-14-11-7-4-5-8(6-7)12(11)14/h1-3,7-8,11-12,14,17-18H,4-6H2,(H,16,19). The second-order valence-corrected chi connectivity index (χ2v) is 6.16. The van der Waals surface area contributed by atoms with Crippen molar-refractivity contribution < 1.29 is 15.0 Å². The minimum Gasteiger partial charge on any atom is -0.507 e. The van der Waals surface area contributed by atoms with Crippen molar-refractivity contribution >= 4 is 5.91 Å². The van der Waals surface area contributed by atoms with Crippen LogP contribution < -0.4 is 5.32 Å². The predicted octanol–water partition coefficient (Wildman–Crippen LogP) is 1.87. The Bertz CT molecular complexity index is 520. The predicted molar refractivity (Wildman–Crippen MR) is 68.8 cm³/mol. The molecular formula is C15H17NO3. The fourth-order valence-corrected chi connectivity index (χ4v) is 4.50. The van der Waals surface area contributed by atoms with E-state index in [2.05, 4.69) is 5.32 Å². The molecule has 3 N–H and O–H groups in total. The molecule has 4 unspecified atom stereocenters. The van der Waals surface area contributed by atoms with Gasteiger partial charge in [0.1, 0.15) is 17.1 Å². The lowest BCUT2D eigenvalue weighted by molar-refractivity contribution is 0.0939. The Labute approximate surface area is 111 Å². The number of fused-ring (bicyclic) bond motifs is 5. The second kappa shape index (κ2) is 3.65. The molecule has 0 spiro atoms. The summed E-state index contributed by atoms with van der Waals surface area (Å²) in [6.07, 6.45) is 3.95. The van der Waals surface area contributed by atoms with Gasteiger partial charge >= 0.3 is 0 Å². The fraction of sp³-hybridized carbons (Fsp3) is 0.533. The number of hydrogen-bond donors (Lipinski definition) is 3. The molecule has 1 amide bonds. The molecule has 2 bridgehead atoms. The van der Waals surface area contributed by atoms with E-state index in [1.165, 1.54) is 37.5 Å². The largest absolute Gasteiger partial charge is 0.507 e. The lowest BCUT2D eigenvalue weighted by atomic mass is 10.0. The Morgan fingerprint density at radius 3 is 2.26 bits per heavy atom. The number of aromatic hydroxyl groups is 2. The molecule has 4 atom stereocenters. The monoisotopic (exact) mass is 259 g/mol. The van der Waals surface area contributed by atoms with Gasteiger partial charge in [-0.15, -0.1) is 0 Å². The lowest BCUT2D eigenvalue weighted by Crippen LogP contribution is -2.30. The topological polar surface area (TPSA) is 69.6 Å². The maximum Gasteiger partial charge on any atom is 0.259 e. The SMILES string of the molecule is O=C(NC1C2C3CCC(C3)C12)c1c(O)cccc1O. The van der Waals surface area contributed by atoms with Crippen LogP contribution in [0.25, 0.3) is 0 Å². The number of rotatable bonds is 2. The first-order valence-electron chi connectivity index (χ1n) is 6.98. The van der Waals surface area contributed by atoms with Crippen LogP contribution in [0.5, 0.6) is 11.5 Å². The van der Waals surface area contributed by atoms with E-state index >= 15 is 0 Å². The zero-order chi connectivity index (χ0) is 13.1. The molecule has 4 heteroatoms. The van der Waals surface area contributed by atoms with Crippen LogP contribution in [0.2, 0.25) is 0 Å². The molecular weight excluding hydrogens is 242 g/mol. The first kappa shape index (κ1) is 11.1. The van der Waals surface area contributed by atoms with Gasteiger partial charge in [0.05, 0.1) is 0 Å². The first-order valence-corrected chi connectivity index (χ1v) is 6.98. The van der Waals surface area contributed by atoms with Gasteiger partial charge in [-0.3, -0.25) is 4.79 Å². The van der Waals surface area contributed by atoms with Crippen molar-refractivity contribution in [3.63, 3.8) is 0 Å². The first-order chi connectivity index (χ1) is 9.16. The maximum absolute atomic E-state index is 12.2. The van der Waals surface area contributed by atoms with E-state index in [1.807, 2.05) is 0 Å². The van der Waals surface area contributed by atoms with Crippen molar-refractivity contribution in [2.45, 2.75) is 25.3 Å². The highest BCUT2D eigenvalue weighted by atomic mass is 16.3. The Hall–Kier alpha value is -1.71. The second-order valence-electron chi connectivity index (χ2n) is 6.16. The van der Waals surface area contributed by atoms with E-state index < -0.39 is 0 Å². The third-order valence-electron chi connectivity index (χ3n) is 5.28. The van der Waals surface area contributed by atoms with Crippen LogP contribution >= 0.6 is 0 Å². The third-order valence-corrected chi connectivity index (χ3v) is 5.28. The Morgan fingerprint density at radius 2 is 1.68 bits per heavy atom. The molecule has 0 aliphatic heterocycles. The number of carbonyl (C=O) groups is 1. The molecule has 0 radical (unpaired) electrons. The van der Waals surface area contributed by atoms with Gasteiger partial charge in [-0.25, -0.2) is 0 Å². The highest BCUT2D eigenvalue weighted by molar-refractivity contribution is 5.99. The Kier molecular flexibility index (Phi) is 2.14. The maximum atomic E-state index is 12.2. The van der Waals surface area contributed by atoms with Crippen LogP contribution in [0.4, 0.5) is 0 Å². The van der Waals surface area contributed by atoms with E-state index in [1.54, 1.807) is 0 Å². The van der Waals surface area contributed by atoms with Crippen molar-refractivity contribution in [3.8, 4) is 11.5 Å². The minimum atomic E-state index is -0.352. The summed E-state index contributed by atoms with van der Waals surface area (Å²) in [6, 6.07) is 4.63. The molecule has 1 aromatic rings.